The molecule has 0 spiro atoms. The van der Waals surface area contributed by atoms with Crippen LogP contribution < -0.4 is 15.0 Å². The van der Waals surface area contributed by atoms with Crippen LogP contribution in [0.15, 0.2) is 54.9 Å². The molecule has 2 aromatic carbocycles. The van der Waals surface area contributed by atoms with Gasteiger partial charge in [0.05, 0.1) is 13.3 Å². The fourth-order valence-electron chi connectivity index (χ4n) is 7.33. The van der Waals surface area contributed by atoms with Gasteiger partial charge in [0.25, 0.3) is 0 Å². The second-order valence-electron chi connectivity index (χ2n) is 14.1. The Bertz CT molecular complexity index is 1530. The highest BCUT2D eigenvalue weighted by molar-refractivity contribution is 5.96. The smallest absolute Gasteiger partial charge is 0.230 e. The minimum atomic E-state index is -0.0775. The van der Waals surface area contributed by atoms with Gasteiger partial charge >= 0.3 is 0 Å². The third-order valence-corrected chi connectivity index (χ3v) is 10.2. The third-order valence-electron chi connectivity index (χ3n) is 10.2. The van der Waals surface area contributed by atoms with Gasteiger partial charge in [-0.25, -0.2) is 0 Å². The number of nitrogens with zero attached hydrogens (tertiary/aromatic N) is 3. The second kappa shape index (κ2) is 15.8. The topological polar surface area (TPSA) is 93.5 Å². The average molecular weight is 641 g/mol. The number of hydrogen-bond acceptors (Lipinski definition) is 5. The lowest BCUT2D eigenvalue weighted by molar-refractivity contribution is -0.125. The van der Waals surface area contributed by atoms with Gasteiger partial charge in [-0.3, -0.25) is 14.3 Å². The van der Waals surface area contributed by atoms with Crippen molar-refractivity contribution in [2.75, 3.05) is 18.6 Å². The Morgan fingerprint density at radius 2 is 1.70 bits per heavy atom. The maximum Gasteiger partial charge on any atom is 0.230 e. The molecule has 252 valence electrons. The quantitative estimate of drug-likeness (QED) is 0.218. The van der Waals surface area contributed by atoms with E-state index >= 15 is 0 Å². The molecule has 2 aliphatic carbocycles. The Morgan fingerprint density at radius 1 is 0.957 bits per heavy atom. The molecule has 2 fully saturated rings. The van der Waals surface area contributed by atoms with Crippen LogP contribution in [0.5, 0.6) is 5.75 Å². The van der Waals surface area contributed by atoms with Gasteiger partial charge in [-0.15, -0.1) is 0 Å². The predicted molar refractivity (Wildman–Crippen MR) is 187 cm³/mol. The number of carbonyl (C=O) groups excluding carboxylic acids is 3. The van der Waals surface area contributed by atoms with E-state index < -0.39 is 0 Å². The van der Waals surface area contributed by atoms with Crippen LogP contribution in [-0.4, -0.2) is 47.1 Å². The van der Waals surface area contributed by atoms with Crippen LogP contribution in [0.4, 0.5) is 5.69 Å². The molecule has 5 rings (SSSR count). The summed E-state index contributed by atoms with van der Waals surface area (Å²) in [7, 11) is 1.72. The van der Waals surface area contributed by atoms with Gasteiger partial charge in [0.15, 0.2) is 0 Å². The van der Waals surface area contributed by atoms with E-state index in [1.807, 2.05) is 16.9 Å². The fourth-order valence-corrected chi connectivity index (χ4v) is 7.33. The molecule has 8 heteroatoms. The molecule has 2 amide bonds. The van der Waals surface area contributed by atoms with Crippen molar-refractivity contribution in [2.24, 2.45) is 11.8 Å². The normalized spacial score (nSPS) is 21.3. The monoisotopic (exact) mass is 640 g/mol. The molecule has 3 aromatic rings. The van der Waals surface area contributed by atoms with Crippen molar-refractivity contribution >= 4 is 23.3 Å². The highest BCUT2D eigenvalue weighted by Crippen LogP contribution is 2.39. The molecule has 1 heterocycles. The lowest BCUT2D eigenvalue weighted by Gasteiger charge is -2.36. The van der Waals surface area contributed by atoms with E-state index in [1.54, 1.807) is 7.11 Å². The van der Waals surface area contributed by atoms with E-state index in [9.17, 15) is 14.4 Å². The molecule has 2 saturated carbocycles. The van der Waals surface area contributed by atoms with E-state index in [0.717, 1.165) is 73.9 Å². The van der Waals surface area contributed by atoms with Crippen LogP contribution in [-0.2, 0) is 14.4 Å². The van der Waals surface area contributed by atoms with Crippen LogP contribution in [0.2, 0.25) is 0 Å². The van der Waals surface area contributed by atoms with Crippen LogP contribution in [0.1, 0.15) is 108 Å². The van der Waals surface area contributed by atoms with E-state index in [2.05, 4.69) is 78.7 Å². The summed E-state index contributed by atoms with van der Waals surface area (Å²) in [5, 5.41) is 7.64. The number of methoxy groups -OCH3 is 1. The minimum Gasteiger partial charge on any atom is -0.496 e. The molecule has 1 aromatic heterocycles. The van der Waals surface area contributed by atoms with Gasteiger partial charge in [0.2, 0.25) is 11.8 Å². The Kier molecular flexibility index (Phi) is 11.5. The third kappa shape index (κ3) is 8.91. The van der Waals surface area contributed by atoms with Gasteiger partial charge in [-0.05, 0) is 126 Å². The minimum absolute atomic E-state index is 0.0247. The average Bonchev–Trinajstić information content (AvgIpc) is 3.58. The zero-order valence-electron chi connectivity index (χ0n) is 28.8. The number of ether oxygens (including phenoxy) is 1. The van der Waals surface area contributed by atoms with Crippen molar-refractivity contribution in [2.45, 2.75) is 110 Å². The Morgan fingerprint density at radius 3 is 2.34 bits per heavy atom. The number of amides is 2. The number of rotatable bonds is 12. The van der Waals surface area contributed by atoms with E-state index in [4.69, 9.17) is 4.74 Å². The van der Waals surface area contributed by atoms with Crippen LogP contribution >= 0.6 is 0 Å². The first-order chi connectivity index (χ1) is 22.6. The number of benzene rings is 2. The second-order valence-corrected chi connectivity index (χ2v) is 14.1. The summed E-state index contributed by atoms with van der Waals surface area (Å²) in [5.41, 5.74) is 5.60. The van der Waals surface area contributed by atoms with Gasteiger partial charge in [0.1, 0.15) is 11.5 Å². The maximum absolute atomic E-state index is 14.4. The number of nitrogens with one attached hydrogen (secondary N) is 1. The van der Waals surface area contributed by atoms with Crippen LogP contribution in [0.3, 0.4) is 0 Å². The van der Waals surface area contributed by atoms with Gasteiger partial charge in [-0.1, -0.05) is 24.3 Å². The molecule has 0 atom stereocenters. The summed E-state index contributed by atoms with van der Waals surface area (Å²) < 4.78 is 7.44. The lowest BCUT2D eigenvalue weighted by Crippen LogP contribution is -2.44. The highest BCUT2D eigenvalue weighted by Gasteiger charge is 2.33. The number of aromatic nitrogens is 2. The molecule has 0 unspecified atom stereocenters. The molecule has 1 N–H and O–H groups in total. The first kappa shape index (κ1) is 34.4. The first-order valence-electron chi connectivity index (χ1n) is 17.5. The summed E-state index contributed by atoms with van der Waals surface area (Å²) in [5.74, 6) is 1.95. The molecular formula is C39H52N4O4. The van der Waals surface area contributed by atoms with Crippen molar-refractivity contribution < 1.29 is 19.1 Å². The van der Waals surface area contributed by atoms with E-state index in [1.165, 1.54) is 18.1 Å². The largest absolute Gasteiger partial charge is 0.496 e. The summed E-state index contributed by atoms with van der Waals surface area (Å²) >= 11 is 0. The van der Waals surface area contributed by atoms with Crippen molar-refractivity contribution in [3.8, 4) is 16.9 Å². The van der Waals surface area contributed by atoms with Crippen molar-refractivity contribution in [3.05, 3.63) is 66.0 Å². The Balaban J connectivity index is 1.29. The molecule has 8 nitrogen and oxygen atoms in total. The zero-order valence-corrected chi connectivity index (χ0v) is 28.8. The fraction of sp³-hybridized carbons (Fsp3) is 0.538. The lowest BCUT2D eigenvalue weighted by atomic mass is 9.78. The van der Waals surface area contributed by atoms with Crippen molar-refractivity contribution in [1.29, 1.82) is 0 Å². The maximum atomic E-state index is 14.4. The van der Waals surface area contributed by atoms with E-state index in [0.29, 0.717) is 18.4 Å². The van der Waals surface area contributed by atoms with Crippen molar-refractivity contribution in [3.63, 3.8) is 0 Å². The molecule has 0 bridgehead atoms. The summed E-state index contributed by atoms with van der Waals surface area (Å²) in [4.78, 5) is 40.1. The number of Topliss-reactive ketones (excluding diaryl/α,β-unsaturated/α-hetero) is 1. The molecule has 47 heavy (non-hydrogen) atoms. The standard InChI is InChI=1S/C39H52N4O4/c1-26(2)43-25-34(23-40-43)32-7-6-8-36(22-32)42(39(46)31-14-17-35(18-15-31)41-38(45)20-9-28(4)44)24-29-10-12-30(13-11-29)33-16-19-37(47-5)27(3)21-33/h6-8,16,19,21-23,25-26,29-31,35H,9-15,17-18,20,24H2,1-5H3,(H,41,45). The van der Waals surface area contributed by atoms with Gasteiger partial charge in [-0.2, -0.15) is 5.10 Å². The molecule has 0 aliphatic heterocycles. The number of hydrogen-bond donors (Lipinski definition) is 1. The van der Waals surface area contributed by atoms with Crippen molar-refractivity contribution in [1.82, 2.24) is 15.1 Å². The van der Waals surface area contributed by atoms with Gasteiger partial charge < -0.3 is 19.7 Å². The van der Waals surface area contributed by atoms with Crippen LogP contribution in [0, 0.1) is 18.8 Å². The number of anilines is 1. The number of ketones is 1. The highest BCUT2D eigenvalue weighted by atomic mass is 16.5. The molecule has 0 radical (unpaired) electrons. The summed E-state index contributed by atoms with van der Waals surface area (Å²) in [6.07, 6.45) is 11.9. The zero-order chi connectivity index (χ0) is 33.5. The SMILES string of the molecule is COc1ccc(C2CCC(CN(C(=O)C3CCC(NC(=O)CCC(C)=O)CC3)c3cccc(-c4cnn(C(C)C)c4)c3)CC2)cc1C. The Hall–Kier alpha value is -3.94. The first-order valence-corrected chi connectivity index (χ1v) is 17.5. The summed E-state index contributed by atoms with van der Waals surface area (Å²) in [6.45, 7) is 8.56. The van der Waals surface area contributed by atoms with Crippen LogP contribution in [0.25, 0.3) is 11.1 Å². The van der Waals surface area contributed by atoms with E-state index in [-0.39, 0.29) is 48.4 Å². The number of carbonyl (C=O) groups is 3. The predicted octanol–water partition coefficient (Wildman–Crippen LogP) is 7.80. The Labute approximate surface area is 280 Å². The molecular weight excluding hydrogens is 588 g/mol. The number of aryl methyl sites for hydroxylation is 1. The molecule has 2 aliphatic rings. The molecule has 0 saturated heterocycles. The van der Waals surface area contributed by atoms with Gasteiger partial charge in [0, 0.05) is 54.8 Å². The summed E-state index contributed by atoms with van der Waals surface area (Å²) in [6, 6.07) is 15.3.